The van der Waals surface area contributed by atoms with Crippen LogP contribution in [0.4, 0.5) is 0 Å². The van der Waals surface area contributed by atoms with Crippen LogP contribution in [0.1, 0.15) is 19.8 Å². The number of rotatable bonds is 3. The van der Waals surface area contributed by atoms with E-state index in [9.17, 15) is 4.79 Å². The highest BCUT2D eigenvalue weighted by Crippen LogP contribution is 2.30. The van der Waals surface area contributed by atoms with Gasteiger partial charge in [-0.05, 0) is 12.8 Å². The molecule has 1 aliphatic rings. The van der Waals surface area contributed by atoms with Gasteiger partial charge in [0.1, 0.15) is 0 Å². The van der Waals surface area contributed by atoms with E-state index in [1.165, 1.54) is 0 Å². The van der Waals surface area contributed by atoms with E-state index in [0.717, 1.165) is 19.4 Å². The van der Waals surface area contributed by atoms with Crippen molar-refractivity contribution in [2.75, 3.05) is 13.6 Å². The van der Waals surface area contributed by atoms with Crippen LogP contribution in [-0.4, -0.2) is 29.2 Å². The first-order valence-electron chi connectivity index (χ1n) is 4.00. The molecule has 0 N–H and O–H groups in total. The van der Waals surface area contributed by atoms with Crippen LogP contribution in [0.15, 0.2) is 0 Å². The second kappa shape index (κ2) is 3.57. The molecule has 1 rings (SSSR count). The third-order valence-corrected chi connectivity index (χ3v) is 2.12. The Hall–Kier alpha value is -0.0500. The van der Waals surface area contributed by atoms with Crippen molar-refractivity contribution in [1.82, 2.24) is 4.90 Å². The van der Waals surface area contributed by atoms with Crippen LogP contribution in [0.5, 0.6) is 0 Å². The number of amides is 1. The second-order valence-corrected chi connectivity index (χ2v) is 4.84. The van der Waals surface area contributed by atoms with E-state index >= 15 is 0 Å². The summed E-state index contributed by atoms with van der Waals surface area (Å²) in [5.41, 5.74) is 0. The summed E-state index contributed by atoms with van der Waals surface area (Å²) in [4.78, 5) is 13.6. The molecule has 3 heteroatoms. The third kappa shape index (κ3) is 2.81. The Labute approximate surface area is 76.1 Å². The monoisotopic (exact) mass is 219 g/mol. The Morgan fingerprint density at radius 3 is 2.64 bits per heavy atom. The molecule has 1 fully saturated rings. The number of hydrogen-bond donors (Lipinski definition) is 0. The fourth-order valence-corrected chi connectivity index (χ4v) is 1.54. The van der Waals surface area contributed by atoms with Crippen molar-refractivity contribution in [3.63, 3.8) is 0 Å². The maximum atomic E-state index is 11.3. The zero-order valence-corrected chi connectivity index (χ0v) is 8.60. The number of nitrogens with zero attached hydrogens (tertiary/aromatic N) is 1. The lowest BCUT2D eigenvalue weighted by atomic mass is 10.3. The summed E-state index contributed by atoms with van der Waals surface area (Å²) in [7, 11) is 1.87. The number of alkyl halides is 1. The lowest BCUT2D eigenvalue weighted by Crippen LogP contribution is -2.32. The SMILES string of the molecule is CC(Br)CN(C)C(=O)C1CC1. The van der Waals surface area contributed by atoms with Crippen molar-refractivity contribution in [3.8, 4) is 0 Å². The molecular weight excluding hydrogens is 206 g/mol. The Morgan fingerprint density at radius 1 is 1.73 bits per heavy atom. The predicted molar refractivity (Wildman–Crippen MR) is 48.8 cm³/mol. The maximum Gasteiger partial charge on any atom is 0.225 e. The maximum absolute atomic E-state index is 11.3. The Bertz CT molecular complexity index is 154. The molecule has 0 aromatic heterocycles. The minimum atomic E-state index is 0.316. The van der Waals surface area contributed by atoms with Gasteiger partial charge in [0.2, 0.25) is 5.91 Å². The quantitative estimate of drug-likeness (QED) is 0.662. The van der Waals surface area contributed by atoms with Crippen LogP contribution >= 0.6 is 15.9 Å². The fraction of sp³-hybridized carbons (Fsp3) is 0.875. The van der Waals surface area contributed by atoms with Gasteiger partial charge >= 0.3 is 0 Å². The first kappa shape index (κ1) is 9.04. The van der Waals surface area contributed by atoms with E-state index in [1.54, 1.807) is 0 Å². The van der Waals surface area contributed by atoms with E-state index in [4.69, 9.17) is 0 Å². The molecule has 64 valence electrons. The average Bonchev–Trinajstić information content (AvgIpc) is 2.65. The molecule has 0 aromatic rings. The first-order valence-corrected chi connectivity index (χ1v) is 4.92. The zero-order valence-electron chi connectivity index (χ0n) is 7.01. The smallest absolute Gasteiger partial charge is 0.225 e. The fourth-order valence-electron chi connectivity index (χ4n) is 1.11. The summed E-state index contributed by atoms with van der Waals surface area (Å²) in [6, 6.07) is 0. The van der Waals surface area contributed by atoms with Crippen LogP contribution in [0.3, 0.4) is 0 Å². The van der Waals surface area contributed by atoms with Crippen molar-refractivity contribution in [2.45, 2.75) is 24.6 Å². The highest BCUT2D eigenvalue weighted by Gasteiger charge is 2.31. The van der Waals surface area contributed by atoms with Gasteiger partial charge < -0.3 is 4.90 Å². The molecule has 11 heavy (non-hydrogen) atoms. The van der Waals surface area contributed by atoms with Gasteiger partial charge in [-0.3, -0.25) is 4.79 Å². The van der Waals surface area contributed by atoms with E-state index in [-0.39, 0.29) is 0 Å². The molecule has 1 atom stereocenters. The highest BCUT2D eigenvalue weighted by atomic mass is 79.9. The van der Waals surface area contributed by atoms with E-state index in [1.807, 2.05) is 11.9 Å². The van der Waals surface area contributed by atoms with Gasteiger partial charge in [-0.25, -0.2) is 0 Å². The minimum absolute atomic E-state index is 0.316. The predicted octanol–water partition coefficient (Wildman–Crippen LogP) is 1.64. The molecule has 1 saturated carbocycles. The van der Waals surface area contributed by atoms with Crippen molar-refractivity contribution in [3.05, 3.63) is 0 Å². The summed E-state index contributed by atoms with van der Waals surface area (Å²) >= 11 is 3.42. The number of carbonyl (C=O) groups is 1. The van der Waals surface area contributed by atoms with Crippen LogP contribution in [-0.2, 0) is 4.79 Å². The van der Waals surface area contributed by atoms with Crippen LogP contribution in [0.25, 0.3) is 0 Å². The zero-order chi connectivity index (χ0) is 8.43. The lowest BCUT2D eigenvalue weighted by molar-refractivity contribution is -0.131. The van der Waals surface area contributed by atoms with Gasteiger partial charge in [0, 0.05) is 24.3 Å². The molecule has 0 bridgehead atoms. The van der Waals surface area contributed by atoms with Gasteiger partial charge in [-0.15, -0.1) is 0 Å². The lowest BCUT2D eigenvalue weighted by Gasteiger charge is -2.17. The van der Waals surface area contributed by atoms with E-state index in [0.29, 0.717) is 16.7 Å². The van der Waals surface area contributed by atoms with Crippen LogP contribution in [0.2, 0.25) is 0 Å². The largest absolute Gasteiger partial charge is 0.344 e. The molecule has 1 amide bonds. The summed E-state index contributed by atoms with van der Waals surface area (Å²) in [6.45, 7) is 2.87. The third-order valence-electron chi connectivity index (χ3n) is 1.83. The molecule has 0 saturated heterocycles. The molecule has 2 nitrogen and oxygen atoms in total. The van der Waals surface area contributed by atoms with Crippen molar-refractivity contribution >= 4 is 21.8 Å². The second-order valence-electron chi connectivity index (χ2n) is 3.27. The molecule has 0 aliphatic heterocycles. The minimum Gasteiger partial charge on any atom is -0.344 e. The molecule has 1 unspecified atom stereocenters. The average molecular weight is 220 g/mol. The van der Waals surface area contributed by atoms with E-state index < -0.39 is 0 Å². The molecular formula is C8H14BrNO. The number of carbonyl (C=O) groups excluding carboxylic acids is 1. The Balaban J connectivity index is 2.27. The summed E-state index contributed by atoms with van der Waals surface area (Å²) in [5, 5.41) is 0. The van der Waals surface area contributed by atoms with Gasteiger partial charge in [0.15, 0.2) is 0 Å². The Kier molecular flexibility index (Phi) is 2.93. The highest BCUT2D eigenvalue weighted by molar-refractivity contribution is 9.09. The molecule has 1 aliphatic carbocycles. The summed E-state index contributed by atoms with van der Waals surface area (Å²) in [6.07, 6.45) is 2.19. The van der Waals surface area contributed by atoms with Crippen molar-refractivity contribution in [1.29, 1.82) is 0 Å². The van der Waals surface area contributed by atoms with Gasteiger partial charge in [0.05, 0.1) is 0 Å². The molecule has 0 aromatic carbocycles. The van der Waals surface area contributed by atoms with Crippen LogP contribution < -0.4 is 0 Å². The summed E-state index contributed by atoms with van der Waals surface area (Å²) < 4.78 is 0. The van der Waals surface area contributed by atoms with Gasteiger partial charge in [0.25, 0.3) is 0 Å². The molecule has 0 heterocycles. The van der Waals surface area contributed by atoms with Gasteiger partial charge in [-0.1, -0.05) is 22.9 Å². The van der Waals surface area contributed by atoms with Crippen molar-refractivity contribution in [2.24, 2.45) is 5.92 Å². The molecule has 0 spiro atoms. The summed E-state index contributed by atoms with van der Waals surface area (Å²) in [5.74, 6) is 0.669. The van der Waals surface area contributed by atoms with Crippen LogP contribution in [0, 0.1) is 5.92 Å². The molecule has 0 radical (unpaired) electrons. The number of halogens is 1. The first-order chi connectivity index (χ1) is 5.11. The van der Waals surface area contributed by atoms with Crippen molar-refractivity contribution < 1.29 is 4.79 Å². The standard InChI is InChI=1S/C8H14BrNO/c1-6(9)5-10(2)8(11)7-3-4-7/h6-7H,3-5H2,1-2H3. The Morgan fingerprint density at radius 2 is 2.27 bits per heavy atom. The normalized spacial score (nSPS) is 19.5. The topological polar surface area (TPSA) is 20.3 Å². The number of hydrogen-bond acceptors (Lipinski definition) is 1. The van der Waals surface area contributed by atoms with Gasteiger partial charge in [-0.2, -0.15) is 0 Å². The van der Waals surface area contributed by atoms with E-state index in [2.05, 4.69) is 22.9 Å².